The third kappa shape index (κ3) is 4.20. The normalized spacial score (nSPS) is 14.6. The molecule has 1 nitrogen and oxygen atoms in total. The second-order valence-corrected chi connectivity index (χ2v) is 2.85. The summed E-state index contributed by atoms with van der Waals surface area (Å²) in [5.74, 6) is 0.450. The van der Waals surface area contributed by atoms with Crippen LogP contribution in [0.15, 0.2) is 12.2 Å². The zero-order valence-electron chi connectivity index (χ0n) is 7.59. The van der Waals surface area contributed by atoms with Crippen molar-refractivity contribution in [3.05, 3.63) is 19.1 Å². The maximum atomic E-state index is 9.56. The van der Waals surface area contributed by atoms with Crippen LogP contribution in [-0.4, -0.2) is 11.2 Å². The van der Waals surface area contributed by atoms with E-state index in [1.54, 1.807) is 6.08 Å². The fourth-order valence-electron chi connectivity index (χ4n) is 1.26. The molecule has 0 aliphatic heterocycles. The zero-order chi connectivity index (χ0) is 8.69. The topological polar surface area (TPSA) is 20.2 Å². The first kappa shape index (κ1) is 10.7. The van der Waals surface area contributed by atoms with Gasteiger partial charge >= 0.3 is 0 Å². The fraction of sp³-hybridized carbons (Fsp3) is 0.700. The molecule has 1 heteroatoms. The van der Waals surface area contributed by atoms with Crippen LogP contribution >= 0.6 is 0 Å². The Morgan fingerprint density at radius 2 is 1.91 bits per heavy atom. The van der Waals surface area contributed by atoms with Gasteiger partial charge in [0.2, 0.25) is 0 Å². The van der Waals surface area contributed by atoms with E-state index in [0.29, 0.717) is 5.92 Å². The lowest BCUT2D eigenvalue weighted by Crippen LogP contribution is -2.17. The minimum atomic E-state index is -0.178. The second-order valence-electron chi connectivity index (χ2n) is 2.85. The van der Waals surface area contributed by atoms with Crippen LogP contribution in [0, 0.1) is 12.8 Å². The molecular weight excluding hydrogens is 136 g/mol. The lowest BCUT2D eigenvalue weighted by atomic mass is 9.94. The van der Waals surface area contributed by atoms with Gasteiger partial charge in [0.05, 0.1) is 6.10 Å². The smallest absolute Gasteiger partial charge is 0.0602 e. The molecule has 1 atom stereocenters. The molecule has 1 radical (unpaired) electrons. The summed E-state index contributed by atoms with van der Waals surface area (Å²) >= 11 is 0. The lowest BCUT2D eigenvalue weighted by Gasteiger charge is -2.17. The summed E-state index contributed by atoms with van der Waals surface area (Å²) in [5, 5.41) is 9.56. The molecule has 0 aromatic heterocycles. The van der Waals surface area contributed by atoms with Crippen molar-refractivity contribution in [3.8, 4) is 0 Å². The molecule has 0 saturated carbocycles. The lowest BCUT2D eigenvalue weighted by molar-refractivity contribution is 0.105. The average Bonchev–Trinajstić information content (AvgIpc) is 2.03. The summed E-state index contributed by atoms with van der Waals surface area (Å²) in [7, 11) is 0. The van der Waals surface area contributed by atoms with Gasteiger partial charge in [-0.25, -0.2) is 0 Å². The number of allylic oxidation sites excluding steroid dienone is 1. The minimum absolute atomic E-state index is 0.178. The largest absolute Gasteiger partial charge is 0.393 e. The van der Waals surface area contributed by atoms with E-state index in [-0.39, 0.29) is 6.10 Å². The van der Waals surface area contributed by atoms with E-state index >= 15 is 0 Å². The molecule has 1 unspecified atom stereocenters. The zero-order valence-corrected chi connectivity index (χ0v) is 7.59. The van der Waals surface area contributed by atoms with Crippen molar-refractivity contribution in [1.29, 1.82) is 0 Å². The van der Waals surface area contributed by atoms with Gasteiger partial charge in [-0.2, -0.15) is 0 Å². The molecule has 0 bridgehead atoms. The molecular formula is C10H19O. The van der Waals surface area contributed by atoms with Crippen molar-refractivity contribution < 1.29 is 5.11 Å². The van der Waals surface area contributed by atoms with E-state index < -0.39 is 0 Å². The van der Waals surface area contributed by atoms with Gasteiger partial charge in [-0.3, -0.25) is 0 Å². The first-order valence-electron chi connectivity index (χ1n) is 4.38. The van der Waals surface area contributed by atoms with Crippen LogP contribution in [0.3, 0.4) is 0 Å². The molecule has 65 valence electrons. The highest BCUT2D eigenvalue weighted by molar-refractivity contribution is 4.87. The van der Waals surface area contributed by atoms with E-state index in [9.17, 15) is 5.11 Å². The predicted molar refractivity (Wildman–Crippen MR) is 49.2 cm³/mol. The molecule has 0 saturated heterocycles. The number of aliphatic hydroxyl groups excluding tert-OH is 1. The minimum Gasteiger partial charge on any atom is -0.393 e. The molecule has 0 amide bonds. The van der Waals surface area contributed by atoms with E-state index in [2.05, 4.69) is 20.8 Å². The summed E-state index contributed by atoms with van der Waals surface area (Å²) in [4.78, 5) is 0. The van der Waals surface area contributed by atoms with E-state index in [4.69, 9.17) is 0 Å². The standard InChI is InChI=1S/C10H19O/c1-4-7-8-10(11)9(5-2)6-3/h4,7,9-11H,1,5-6,8H2,2-3H3/b7-4+. The van der Waals surface area contributed by atoms with E-state index in [1.165, 1.54) is 0 Å². The summed E-state index contributed by atoms with van der Waals surface area (Å²) < 4.78 is 0. The van der Waals surface area contributed by atoms with Gasteiger partial charge in [-0.1, -0.05) is 38.8 Å². The Labute approximate surface area is 70.1 Å². The summed E-state index contributed by atoms with van der Waals surface area (Å²) in [5.41, 5.74) is 0. The molecule has 1 N–H and O–H groups in total. The van der Waals surface area contributed by atoms with Crippen LogP contribution in [0.4, 0.5) is 0 Å². The van der Waals surface area contributed by atoms with Crippen molar-refractivity contribution in [2.45, 2.75) is 39.2 Å². The highest BCUT2D eigenvalue weighted by Gasteiger charge is 2.12. The van der Waals surface area contributed by atoms with Gasteiger partial charge in [0.15, 0.2) is 0 Å². The van der Waals surface area contributed by atoms with Gasteiger partial charge in [0, 0.05) is 0 Å². The van der Waals surface area contributed by atoms with Crippen molar-refractivity contribution in [1.82, 2.24) is 0 Å². The maximum Gasteiger partial charge on any atom is 0.0602 e. The third-order valence-corrected chi connectivity index (χ3v) is 2.14. The van der Waals surface area contributed by atoms with Gasteiger partial charge in [0.1, 0.15) is 0 Å². The monoisotopic (exact) mass is 155 g/mol. The van der Waals surface area contributed by atoms with Crippen LogP contribution < -0.4 is 0 Å². The number of aliphatic hydroxyl groups is 1. The van der Waals surface area contributed by atoms with Crippen molar-refractivity contribution in [2.24, 2.45) is 5.92 Å². The quantitative estimate of drug-likeness (QED) is 0.647. The third-order valence-electron chi connectivity index (χ3n) is 2.14. The van der Waals surface area contributed by atoms with Crippen LogP contribution in [0.1, 0.15) is 33.1 Å². The second kappa shape index (κ2) is 6.41. The Kier molecular flexibility index (Phi) is 6.24. The SMILES string of the molecule is [CH2]/C=C/CC(O)C(CC)CC. The van der Waals surface area contributed by atoms with E-state index in [0.717, 1.165) is 19.3 Å². The van der Waals surface area contributed by atoms with Crippen LogP contribution in [0.25, 0.3) is 0 Å². The van der Waals surface area contributed by atoms with Crippen LogP contribution in [-0.2, 0) is 0 Å². The molecule has 11 heavy (non-hydrogen) atoms. The van der Waals surface area contributed by atoms with Gasteiger partial charge in [-0.15, -0.1) is 0 Å². The van der Waals surface area contributed by atoms with Gasteiger partial charge in [0.25, 0.3) is 0 Å². The van der Waals surface area contributed by atoms with E-state index in [1.807, 2.05) is 6.08 Å². The Hall–Kier alpha value is -0.300. The molecule has 0 heterocycles. The predicted octanol–water partition coefficient (Wildman–Crippen LogP) is 2.56. The van der Waals surface area contributed by atoms with Crippen molar-refractivity contribution in [2.75, 3.05) is 0 Å². The molecule has 0 spiro atoms. The van der Waals surface area contributed by atoms with Crippen molar-refractivity contribution in [3.63, 3.8) is 0 Å². The first-order valence-corrected chi connectivity index (χ1v) is 4.38. The molecule has 0 aromatic rings. The molecule has 0 fully saturated rings. The molecule has 0 aromatic carbocycles. The Balaban J connectivity index is 3.68. The summed E-state index contributed by atoms with van der Waals surface area (Å²) in [6.45, 7) is 7.81. The summed E-state index contributed by atoms with van der Waals surface area (Å²) in [6, 6.07) is 0. The Bertz CT molecular complexity index is 103. The van der Waals surface area contributed by atoms with Crippen LogP contribution in [0.2, 0.25) is 0 Å². The highest BCUT2D eigenvalue weighted by atomic mass is 16.3. The maximum absolute atomic E-state index is 9.56. The number of hydrogen-bond acceptors (Lipinski definition) is 1. The van der Waals surface area contributed by atoms with Crippen LogP contribution in [0.5, 0.6) is 0 Å². The molecule has 0 aliphatic carbocycles. The van der Waals surface area contributed by atoms with Crippen molar-refractivity contribution >= 4 is 0 Å². The Morgan fingerprint density at radius 1 is 1.36 bits per heavy atom. The van der Waals surface area contributed by atoms with Gasteiger partial charge < -0.3 is 5.11 Å². The number of hydrogen-bond donors (Lipinski definition) is 1. The molecule has 0 rings (SSSR count). The first-order chi connectivity index (χ1) is 5.26. The Morgan fingerprint density at radius 3 is 2.27 bits per heavy atom. The molecule has 0 aliphatic rings. The highest BCUT2D eigenvalue weighted by Crippen LogP contribution is 2.15. The summed E-state index contributed by atoms with van der Waals surface area (Å²) in [6.07, 6.45) is 6.35. The number of rotatable bonds is 5. The average molecular weight is 155 g/mol. The fourth-order valence-corrected chi connectivity index (χ4v) is 1.26. The van der Waals surface area contributed by atoms with Gasteiger partial charge in [-0.05, 0) is 19.3 Å².